The maximum Gasteiger partial charge on any atom is 0.323 e. The molecule has 3 heterocycles. The molecular weight excluding hydrogens is 463 g/mol. The van der Waals surface area contributed by atoms with Crippen molar-refractivity contribution < 1.29 is 9.53 Å². The third-order valence-electron chi connectivity index (χ3n) is 5.27. The number of urea groups is 1. The molecule has 1 fully saturated rings. The Morgan fingerprint density at radius 1 is 0.939 bits per heavy atom. The van der Waals surface area contributed by atoms with Crippen molar-refractivity contribution >= 4 is 52.1 Å². The van der Waals surface area contributed by atoms with Gasteiger partial charge in [-0.25, -0.2) is 14.3 Å². The van der Waals surface area contributed by atoms with Gasteiger partial charge in [0.1, 0.15) is 0 Å². The van der Waals surface area contributed by atoms with Crippen molar-refractivity contribution in [1.29, 1.82) is 0 Å². The molecule has 4 aromatic rings. The van der Waals surface area contributed by atoms with Crippen LogP contribution < -0.4 is 15.5 Å². The van der Waals surface area contributed by atoms with Crippen LogP contribution in [0.1, 0.15) is 0 Å². The van der Waals surface area contributed by atoms with Crippen molar-refractivity contribution in [3.8, 4) is 11.3 Å². The van der Waals surface area contributed by atoms with Crippen LogP contribution >= 0.6 is 23.2 Å². The molecule has 0 saturated carbocycles. The van der Waals surface area contributed by atoms with E-state index in [9.17, 15) is 4.79 Å². The summed E-state index contributed by atoms with van der Waals surface area (Å²) in [5.41, 5.74) is 3.70. The Labute approximate surface area is 200 Å². The van der Waals surface area contributed by atoms with Crippen LogP contribution in [0.2, 0.25) is 10.0 Å². The summed E-state index contributed by atoms with van der Waals surface area (Å²) in [4.78, 5) is 19.1. The Morgan fingerprint density at radius 3 is 2.52 bits per heavy atom. The number of ether oxygens (including phenoxy) is 1. The fraction of sp³-hybridized carbons (Fsp3) is 0.174. The van der Waals surface area contributed by atoms with Crippen LogP contribution in [0, 0.1) is 0 Å². The number of halogens is 2. The number of nitrogens with zero attached hydrogens (tertiary/aromatic N) is 4. The van der Waals surface area contributed by atoms with Gasteiger partial charge in [0.2, 0.25) is 0 Å². The topological polar surface area (TPSA) is 83.8 Å². The van der Waals surface area contributed by atoms with E-state index >= 15 is 0 Å². The molecule has 2 aromatic heterocycles. The highest BCUT2D eigenvalue weighted by Gasteiger charge is 2.16. The highest BCUT2D eigenvalue weighted by Crippen LogP contribution is 2.27. The van der Waals surface area contributed by atoms with Crippen LogP contribution in [0.5, 0.6) is 0 Å². The first-order valence-electron chi connectivity index (χ1n) is 10.4. The quantitative estimate of drug-likeness (QED) is 0.418. The number of nitrogens with one attached hydrogen (secondary N) is 2. The highest BCUT2D eigenvalue weighted by atomic mass is 35.5. The smallest absolute Gasteiger partial charge is 0.323 e. The number of benzene rings is 2. The van der Waals surface area contributed by atoms with Crippen molar-refractivity contribution in [3.05, 3.63) is 70.8 Å². The van der Waals surface area contributed by atoms with Gasteiger partial charge in [0.05, 0.1) is 29.0 Å². The summed E-state index contributed by atoms with van der Waals surface area (Å²) < 4.78 is 7.26. The number of morpholine rings is 1. The number of hydrogen-bond donors (Lipinski definition) is 2. The van der Waals surface area contributed by atoms with E-state index in [1.807, 2.05) is 40.9 Å². The first-order chi connectivity index (χ1) is 16.1. The number of carbonyl (C=O) groups is 1. The van der Waals surface area contributed by atoms with E-state index in [4.69, 9.17) is 33.0 Å². The van der Waals surface area contributed by atoms with Gasteiger partial charge in [-0.05, 0) is 36.4 Å². The lowest BCUT2D eigenvalue weighted by molar-refractivity contribution is 0.122. The lowest BCUT2D eigenvalue weighted by Crippen LogP contribution is -2.36. The van der Waals surface area contributed by atoms with E-state index in [2.05, 4.69) is 20.5 Å². The molecule has 0 spiro atoms. The highest BCUT2D eigenvalue weighted by molar-refractivity contribution is 6.42. The molecule has 0 atom stereocenters. The Morgan fingerprint density at radius 2 is 1.73 bits per heavy atom. The standard InChI is InChI=1S/C23H20Cl2N6O2/c24-18-5-4-17(13-19(18)25)28-23(32)27-16-3-1-2-15(12-16)20-6-7-26-21-14-22(29-31(20)21)30-8-10-33-11-9-30/h1-7,12-14H,8-11H2,(H2,27,28,32). The predicted octanol–water partition coefficient (Wildman–Crippen LogP) is 5.18. The minimum atomic E-state index is -0.390. The van der Waals surface area contributed by atoms with Gasteiger partial charge in [-0.15, -0.1) is 5.10 Å². The second kappa shape index (κ2) is 9.27. The van der Waals surface area contributed by atoms with E-state index in [1.54, 1.807) is 24.4 Å². The minimum Gasteiger partial charge on any atom is -0.378 e. The molecule has 0 radical (unpaired) electrons. The third kappa shape index (κ3) is 4.73. The lowest BCUT2D eigenvalue weighted by atomic mass is 10.1. The second-order valence-electron chi connectivity index (χ2n) is 7.49. The van der Waals surface area contributed by atoms with E-state index < -0.39 is 0 Å². The zero-order valence-electron chi connectivity index (χ0n) is 17.5. The van der Waals surface area contributed by atoms with Crippen LogP contribution in [0.15, 0.2) is 60.8 Å². The van der Waals surface area contributed by atoms with Crippen molar-refractivity contribution in [2.24, 2.45) is 0 Å². The van der Waals surface area contributed by atoms with E-state index in [0.717, 1.165) is 35.8 Å². The van der Waals surface area contributed by atoms with Gasteiger partial charge in [0.15, 0.2) is 11.5 Å². The molecule has 0 aliphatic carbocycles. The molecule has 1 saturated heterocycles. The number of carbonyl (C=O) groups excluding carboxylic acids is 1. The second-order valence-corrected chi connectivity index (χ2v) is 8.31. The molecule has 2 amide bonds. The minimum absolute atomic E-state index is 0.369. The van der Waals surface area contributed by atoms with Crippen molar-refractivity contribution in [3.63, 3.8) is 0 Å². The van der Waals surface area contributed by atoms with Crippen LogP contribution in [-0.4, -0.2) is 46.9 Å². The number of anilines is 3. The Kier molecular flexibility index (Phi) is 6.04. The van der Waals surface area contributed by atoms with Gasteiger partial charge in [-0.2, -0.15) is 0 Å². The molecule has 2 N–H and O–H groups in total. The molecule has 10 heteroatoms. The predicted molar refractivity (Wildman–Crippen MR) is 131 cm³/mol. The van der Waals surface area contributed by atoms with Crippen LogP contribution in [0.3, 0.4) is 0 Å². The molecule has 0 bridgehead atoms. The summed E-state index contributed by atoms with van der Waals surface area (Å²) in [5, 5.41) is 11.2. The number of aromatic nitrogens is 3. The Balaban J connectivity index is 1.37. The van der Waals surface area contributed by atoms with Crippen LogP contribution in [-0.2, 0) is 4.74 Å². The first-order valence-corrected chi connectivity index (χ1v) is 11.1. The number of rotatable bonds is 4. The molecular formula is C23H20Cl2N6O2. The largest absolute Gasteiger partial charge is 0.378 e. The number of amides is 2. The van der Waals surface area contributed by atoms with Crippen LogP contribution in [0.4, 0.5) is 22.0 Å². The van der Waals surface area contributed by atoms with E-state index in [1.165, 1.54) is 0 Å². The molecule has 168 valence electrons. The zero-order valence-corrected chi connectivity index (χ0v) is 19.0. The summed E-state index contributed by atoms with van der Waals surface area (Å²) in [6, 6.07) is 15.9. The van der Waals surface area contributed by atoms with Gasteiger partial charge in [0.25, 0.3) is 0 Å². The molecule has 5 rings (SSSR count). The van der Waals surface area contributed by atoms with Crippen LogP contribution in [0.25, 0.3) is 16.9 Å². The Bertz CT molecular complexity index is 1320. The van der Waals surface area contributed by atoms with Crippen molar-refractivity contribution in [2.45, 2.75) is 0 Å². The van der Waals surface area contributed by atoms with Gasteiger partial charge in [-0.3, -0.25) is 0 Å². The summed E-state index contributed by atoms with van der Waals surface area (Å²) in [6.45, 7) is 2.97. The number of hydrogen-bond acceptors (Lipinski definition) is 5. The van der Waals surface area contributed by atoms with Gasteiger partial charge in [0, 0.05) is 42.3 Å². The van der Waals surface area contributed by atoms with Crippen molar-refractivity contribution in [2.75, 3.05) is 41.8 Å². The third-order valence-corrected chi connectivity index (χ3v) is 6.01. The molecule has 0 unspecified atom stereocenters. The summed E-state index contributed by atoms with van der Waals surface area (Å²) in [7, 11) is 0. The van der Waals surface area contributed by atoms with Gasteiger partial charge < -0.3 is 20.3 Å². The number of fused-ring (bicyclic) bond motifs is 1. The summed E-state index contributed by atoms with van der Waals surface area (Å²) in [5.74, 6) is 0.869. The summed E-state index contributed by atoms with van der Waals surface area (Å²) in [6.07, 6.45) is 1.76. The van der Waals surface area contributed by atoms with E-state index in [-0.39, 0.29) is 6.03 Å². The maximum atomic E-state index is 12.5. The molecule has 8 nitrogen and oxygen atoms in total. The maximum absolute atomic E-state index is 12.5. The average Bonchev–Trinajstić information content (AvgIpc) is 3.27. The Hall–Kier alpha value is -3.33. The fourth-order valence-electron chi connectivity index (χ4n) is 3.67. The SMILES string of the molecule is O=C(Nc1cccc(-c2ccnc3cc(N4CCOCC4)nn23)c1)Nc1ccc(Cl)c(Cl)c1. The fourth-order valence-corrected chi connectivity index (χ4v) is 3.97. The monoisotopic (exact) mass is 482 g/mol. The summed E-state index contributed by atoms with van der Waals surface area (Å²) >= 11 is 11.9. The van der Waals surface area contributed by atoms with Crippen molar-refractivity contribution in [1.82, 2.24) is 14.6 Å². The zero-order chi connectivity index (χ0) is 22.8. The molecule has 33 heavy (non-hydrogen) atoms. The van der Waals surface area contributed by atoms with Gasteiger partial charge >= 0.3 is 6.03 Å². The van der Waals surface area contributed by atoms with Gasteiger partial charge in [-0.1, -0.05) is 35.3 Å². The molecule has 2 aromatic carbocycles. The molecule has 1 aliphatic rings. The molecule has 1 aliphatic heterocycles. The average molecular weight is 483 g/mol. The first kappa shape index (κ1) is 21.5. The normalized spacial score (nSPS) is 13.8. The lowest BCUT2D eigenvalue weighted by Gasteiger charge is -2.26. The van der Waals surface area contributed by atoms with E-state index in [0.29, 0.717) is 34.6 Å².